The molecule has 2 aromatic carbocycles. The van der Waals surface area contributed by atoms with Crippen molar-refractivity contribution in [2.45, 2.75) is 13.2 Å². The lowest BCUT2D eigenvalue weighted by atomic mass is 10.2. The first-order valence-corrected chi connectivity index (χ1v) is 7.84. The third-order valence-electron chi connectivity index (χ3n) is 3.80. The van der Waals surface area contributed by atoms with Gasteiger partial charge in [-0.3, -0.25) is 4.79 Å². The molecular weight excluding hydrogens is 298 g/mol. The first kappa shape index (κ1) is 15.8. The van der Waals surface area contributed by atoms with Crippen molar-refractivity contribution in [3.05, 3.63) is 107 Å². The standard InChI is InChI=1S/C21H19NO2/c1-2-19-20(24-16-18-11-7-4-8-12-18)13-14-22(21(19)23)15-17-9-5-3-6-10-17/h2-14H,1,15-16H2. The average Bonchev–Trinajstić information content (AvgIpc) is 2.64. The highest BCUT2D eigenvalue weighted by Gasteiger charge is 2.09. The van der Waals surface area contributed by atoms with Gasteiger partial charge in [0.15, 0.2) is 0 Å². The third-order valence-corrected chi connectivity index (χ3v) is 3.80. The minimum absolute atomic E-state index is 0.0978. The second kappa shape index (κ2) is 7.47. The first-order chi connectivity index (χ1) is 11.8. The molecule has 120 valence electrons. The molecule has 0 spiro atoms. The summed E-state index contributed by atoms with van der Waals surface area (Å²) in [5, 5.41) is 0. The largest absolute Gasteiger partial charge is 0.488 e. The van der Waals surface area contributed by atoms with Crippen LogP contribution in [0.3, 0.4) is 0 Å². The zero-order valence-electron chi connectivity index (χ0n) is 13.4. The van der Waals surface area contributed by atoms with Gasteiger partial charge in [-0.25, -0.2) is 0 Å². The van der Waals surface area contributed by atoms with Gasteiger partial charge in [-0.2, -0.15) is 0 Å². The van der Waals surface area contributed by atoms with E-state index in [0.717, 1.165) is 11.1 Å². The van der Waals surface area contributed by atoms with Gasteiger partial charge >= 0.3 is 0 Å². The number of pyridine rings is 1. The number of aromatic nitrogens is 1. The third kappa shape index (κ3) is 3.63. The number of hydrogen-bond donors (Lipinski definition) is 0. The van der Waals surface area contributed by atoms with E-state index in [0.29, 0.717) is 24.5 Å². The number of rotatable bonds is 6. The molecule has 24 heavy (non-hydrogen) atoms. The minimum Gasteiger partial charge on any atom is -0.488 e. The summed E-state index contributed by atoms with van der Waals surface area (Å²) in [7, 11) is 0. The fraction of sp³-hybridized carbons (Fsp3) is 0.0952. The molecule has 0 N–H and O–H groups in total. The summed E-state index contributed by atoms with van der Waals surface area (Å²) in [5.74, 6) is 0.558. The van der Waals surface area contributed by atoms with E-state index in [1.807, 2.05) is 66.7 Å². The molecule has 0 aliphatic carbocycles. The second-order valence-corrected chi connectivity index (χ2v) is 5.49. The van der Waals surface area contributed by atoms with Crippen molar-refractivity contribution < 1.29 is 4.74 Å². The molecule has 3 heteroatoms. The molecule has 0 bridgehead atoms. The van der Waals surface area contributed by atoms with E-state index in [1.165, 1.54) is 0 Å². The predicted octanol–water partition coefficient (Wildman–Crippen LogP) is 4.12. The van der Waals surface area contributed by atoms with E-state index in [1.54, 1.807) is 16.8 Å². The lowest BCUT2D eigenvalue weighted by Gasteiger charge is -2.12. The molecule has 0 fully saturated rings. The Bertz CT molecular complexity index is 867. The molecule has 1 aromatic heterocycles. The van der Waals surface area contributed by atoms with E-state index < -0.39 is 0 Å². The van der Waals surface area contributed by atoms with Gasteiger partial charge in [-0.15, -0.1) is 0 Å². The maximum atomic E-state index is 12.6. The monoisotopic (exact) mass is 317 g/mol. The van der Waals surface area contributed by atoms with Crippen molar-refractivity contribution in [1.29, 1.82) is 0 Å². The van der Waals surface area contributed by atoms with Gasteiger partial charge in [0.2, 0.25) is 0 Å². The minimum atomic E-state index is -0.0978. The summed E-state index contributed by atoms with van der Waals surface area (Å²) < 4.78 is 7.48. The van der Waals surface area contributed by atoms with E-state index in [2.05, 4.69) is 6.58 Å². The molecule has 3 nitrogen and oxygen atoms in total. The van der Waals surface area contributed by atoms with Crippen LogP contribution in [0.1, 0.15) is 16.7 Å². The predicted molar refractivity (Wildman–Crippen MR) is 97.1 cm³/mol. The van der Waals surface area contributed by atoms with Crippen molar-refractivity contribution in [1.82, 2.24) is 4.57 Å². The van der Waals surface area contributed by atoms with Gasteiger partial charge in [0, 0.05) is 6.20 Å². The Morgan fingerprint density at radius 3 is 2.17 bits per heavy atom. The summed E-state index contributed by atoms with van der Waals surface area (Å²) in [4.78, 5) is 12.6. The van der Waals surface area contributed by atoms with Crippen LogP contribution in [-0.4, -0.2) is 4.57 Å². The Balaban J connectivity index is 1.83. The molecule has 0 atom stereocenters. The van der Waals surface area contributed by atoms with E-state index in [-0.39, 0.29) is 5.56 Å². The molecule has 0 unspecified atom stereocenters. The number of hydrogen-bond acceptors (Lipinski definition) is 2. The highest BCUT2D eigenvalue weighted by molar-refractivity contribution is 5.54. The smallest absolute Gasteiger partial charge is 0.261 e. The lowest BCUT2D eigenvalue weighted by molar-refractivity contribution is 0.304. The SMILES string of the molecule is C=Cc1c(OCc2ccccc2)ccn(Cc2ccccc2)c1=O. The molecule has 0 saturated carbocycles. The fourth-order valence-corrected chi connectivity index (χ4v) is 2.53. The van der Waals surface area contributed by atoms with Crippen molar-refractivity contribution in [3.8, 4) is 5.75 Å². The van der Waals surface area contributed by atoms with Gasteiger partial charge < -0.3 is 9.30 Å². The van der Waals surface area contributed by atoms with Crippen molar-refractivity contribution in [3.63, 3.8) is 0 Å². The summed E-state index contributed by atoms with van der Waals surface area (Å²) in [6.45, 7) is 4.71. The van der Waals surface area contributed by atoms with E-state index in [9.17, 15) is 4.79 Å². The summed E-state index contributed by atoms with van der Waals surface area (Å²) in [6.07, 6.45) is 3.33. The summed E-state index contributed by atoms with van der Waals surface area (Å²) >= 11 is 0. The molecule has 0 aliphatic rings. The van der Waals surface area contributed by atoms with E-state index in [4.69, 9.17) is 4.74 Å². The number of ether oxygens (including phenoxy) is 1. The van der Waals surface area contributed by atoms with Crippen LogP contribution in [0.15, 0.2) is 84.3 Å². The first-order valence-electron chi connectivity index (χ1n) is 7.84. The Morgan fingerprint density at radius 1 is 0.917 bits per heavy atom. The maximum Gasteiger partial charge on any atom is 0.261 e. The van der Waals surface area contributed by atoms with Crippen LogP contribution in [0.25, 0.3) is 6.08 Å². The van der Waals surface area contributed by atoms with Gasteiger partial charge in [0.25, 0.3) is 5.56 Å². The van der Waals surface area contributed by atoms with Crippen LogP contribution < -0.4 is 10.3 Å². The molecule has 0 amide bonds. The summed E-state index contributed by atoms with van der Waals surface area (Å²) in [6, 6.07) is 21.6. The van der Waals surface area contributed by atoms with Crippen LogP contribution in [0, 0.1) is 0 Å². The summed E-state index contributed by atoms with van der Waals surface area (Å²) in [5.41, 5.74) is 2.53. The maximum absolute atomic E-state index is 12.6. The van der Waals surface area contributed by atoms with Crippen LogP contribution >= 0.6 is 0 Å². The van der Waals surface area contributed by atoms with Crippen molar-refractivity contribution >= 4 is 6.08 Å². The number of nitrogens with zero attached hydrogens (tertiary/aromatic N) is 1. The zero-order valence-corrected chi connectivity index (χ0v) is 13.4. The molecule has 3 rings (SSSR count). The van der Waals surface area contributed by atoms with Gasteiger partial charge in [0.1, 0.15) is 12.4 Å². The second-order valence-electron chi connectivity index (χ2n) is 5.49. The van der Waals surface area contributed by atoms with Crippen molar-refractivity contribution in [2.75, 3.05) is 0 Å². The topological polar surface area (TPSA) is 31.2 Å². The Labute approximate surface area is 141 Å². The highest BCUT2D eigenvalue weighted by atomic mass is 16.5. The molecule has 3 aromatic rings. The molecule has 1 heterocycles. The van der Waals surface area contributed by atoms with E-state index >= 15 is 0 Å². The van der Waals surface area contributed by atoms with Gasteiger partial charge in [-0.1, -0.05) is 73.3 Å². The molecule has 0 aliphatic heterocycles. The highest BCUT2D eigenvalue weighted by Crippen LogP contribution is 2.17. The van der Waals surface area contributed by atoms with Crippen molar-refractivity contribution in [2.24, 2.45) is 0 Å². The van der Waals surface area contributed by atoms with Crippen LogP contribution in [0.2, 0.25) is 0 Å². The average molecular weight is 317 g/mol. The molecule has 0 radical (unpaired) electrons. The lowest BCUT2D eigenvalue weighted by Crippen LogP contribution is -2.22. The fourth-order valence-electron chi connectivity index (χ4n) is 2.53. The van der Waals surface area contributed by atoms with Crippen LogP contribution in [0.4, 0.5) is 0 Å². The molecule has 0 saturated heterocycles. The normalized spacial score (nSPS) is 10.3. The Morgan fingerprint density at radius 2 is 1.54 bits per heavy atom. The van der Waals surface area contributed by atoms with Crippen LogP contribution in [0.5, 0.6) is 5.75 Å². The molecular formula is C21H19NO2. The zero-order chi connectivity index (χ0) is 16.8. The van der Waals surface area contributed by atoms with Gasteiger partial charge in [0.05, 0.1) is 12.1 Å². The quantitative estimate of drug-likeness (QED) is 0.685. The Hall–Kier alpha value is -3.07. The number of benzene rings is 2. The van der Waals surface area contributed by atoms with Gasteiger partial charge in [-0.05, 0) is 17.2 Å². The van der Waals surface area contributed by atoms with Crippen LogP contribution in [-0.2, 0) is 13.2 Å². The Kier molecular flexibility index (Phi) is 4.92.